The van der Waals surface area contributed by atoms with Gasteiger partial charge in [-0.05, 0) is 60.8 Å². The molecule has 176 valence electrons. The number of fused-ring (bicyclic) bond motifs is 1. The number of hydrogen-bond donors (Lipinski definition) is 2. The molecule has 5 rings (SSSR count). The Morgan fingerprint density at radius 1 is 1.03 bits per heavy atom. The summed E-state index contributed by atoms with van der Waals surface area (Å²) in [6.07, 6.45) is 3.32. The highest BCUT2D eigenvalue weighted by molar-refractivity contribution is 6.47. The number of Topliss-reactive ketones (excluding diaryl/α,β-unsaturated/α-hetero) is 1. The average molecular weight is 468 g/mol. The number of amides is 1. The van der Waals surface area contributed by atoms with Crippen molar-refractivity contribution in [2.24, 2.45) is 0 Å². The van der Waals surface area contributed by atoms with Crippen LogP contribution in [-0.4, -0.2) is 35.1 Å². The van der Waals surface area contributed by atoms with Crippen LogP contribution in [0.25, 0.3) is 16.6 Å². The first-order valence-electron chi connectivity index (χ1n) is 11.6. The number of nitrogens with one attached hydrogen (secondary N) is 2. The van der Waals surface area contributed by atoms with E-state index in [1.807, 2.05) is 54.6 Å². The van der Waals surface area contributed by atoms with Crippen molar-refractivity contribution in [1.82, 2.24) is 9.72 Å². The van der Waals surface area contributed by atoms with Gasteiger partial charge < -0.3 is 19.8 Å². The molecule has 1 aliphatic rings. The van der Waals surface area contributed by atoms with E-state index in [1.165, 1.54) is 0 Å². The number of anilines is 1. The van der Waals surface area contributed by atoms with Gasteiger partial charge in [0.05, 0.1) is 0 Å². The Morgan fingerprint density at radius 2 is 1.80 bits per heavy atom. The van der Waals surface area contributed by atoms with E-state index in [9.17, 15) is 14.4 Å². The van der Waals surface area contributed by atoms with Gasteiger partial charge in [-0.25, -0.2) is 0 Å². The molecule has 2 aromatic carbocycles. The Morgan fingerprint density at radius 3 is 2.51 bits per heavy atom. The summed E-state index contributed by atoms with van der Waals surface area (Å²) in [6, 6.07) is 24.2. The lowest BCUT2D eigenvalue weighted by Gasteiger charge is -2.22. The third-order valence-corrected chi connectivity index (χ3v) is 6.35. The van der Waals surface area contributed by atoms with Gasteiger partial charge in [-0.2, -0.15) is 0 Å². The van der Waals surface area contributed by atoms with Gasteiger partial charge in [0, 0.05) is 29.0 Å². The molecule has 0 spiro atoms. The van der Waals surface area contributed by atoms with Crippen molar-refractivity contribution in [1.29, 1.82) is 0 Å². The van der Waals surface area contributed by atoms with Crippen LogP contribution in [0.3, 0.4) is 0 Å². The number of rotatable bonds is 8. The highest BCUT2D eigenvalue weighted by atomic mass is 16.5. The molecule has 1 fully saturated rings. The van der Waals surface area contributed by atoms with E-state index in [0.717, 1.165) is 36.0 Å². The second kappa shape index (κ2) is 9.95. The molecule has 0 saturated carbocycles. The number of ketones is 1. The maximum absolute atomic E-state index is 13.4. The molecule has 3 heterocycles. The first-order chi connectivity index (χ1) is 17.2. The molecule has 0 radical (unpaired) electrons. The van der Waals surface area contributed by atoms with Crippen molar-refractivity contribution >= 4 is 29.4 Å². The van der Waals surface area contributed by atoms with Gasteiger partial charge >= 0.3 is 0 Å². The summed E-state index contributed by atoms with van der Waals surface area (Å²) in [5.74, 6) is -1.35. The summed E-state index contributed by atoms with van der Waals surface area (Å²) in [5, 5.41) is 6.06. The monoisotopic (exact) mass is 467 g/mol. The molecule has 1 aliphatic heterocycles. The minimum absolute atomic E-state index is 0.0567. The Bertz CT molecular complexity index is 1360. The zero-order chi connectivity index (χ0) is 24.2. The van der Waals surface area contributed by atoms with Gasteiger partial charge in [-0.1, -0.05) is 48.5 Å². The molecule has 7 heteroatoms. The number of pyridine rings is 1. The number of carbonyl (C=O) groups excluding carboxylic acids is 3. The molecule has 2 atom stereocenters. The SMILES string of the molecule is O=COC(c1ccc(NC(=O)C(=O)c2c(-c3ccccc3)cc3ccccn23)cc1)C1CCCN1. The molecule has 0 aliphatic carbocycles. The molecule has 1 saturated heterocycles. The summed E-state index contributed by atoms with van der Waals surface area (Å²) < 4.78 is 7.07. The van der Waals surface area contributed by atoms with Crippen LogP contribution in [0.1, 0.15) is 35.0 Å². The van der Waals surface area contributed by atoms with E-state index in [1.54, 1.807) is 34.9 Å². The van der Waals surface area contributed by atoms with Crippen LogP contribution in [0.4, 0.5) is 5.69 Å². The van der Waals surface area contributed by atoms with Crippen molar-refractivity contribution in [3.8, 4) is 11.1 Å². The molecule has 4 aromatic rings. The van der Waals surface area contributed by atoms with Gasteiger partial charge in [0.1, 0.15) is 11.8 Å². The maximum atomic E-state index is 13.4. The fourth-order valence-electron chi connectivity index (χ4n) is 4.68. The molecule has 2 aromatic heterocycles. The molecule has 0 bridgehead atoms. The Hall–Kier alpha value is -4.23. The van der Waals surface area contributed by atoms with Crippen LogP contribution < -0.4 is 10.6 Å². The van der Waals surface area contributed by atoms with Crippen molar-refractivity contribution in [2.75, 3.05) is 11.9 Å². The second-order valence-electron chi connectivity index (χ2n) is 8.53. The zero-order valence-corrected chi connectivity index (χ0v) is 19.0. The number of hydrogen-bond acceptors (Lipinski definition) is 5. The zero-order valence-electron chi connectivity index (χ0n) is 19.0. The van der Waals surface area contributed by atoms with Crippen LogP contribution in [0.15, 0.2) is 85.1 Å². The molecule has 35 heavy (non-hydrogen) atoms. The predicted molar refractivity (Wildman–Crippen MR) is 133 cm³/mol. The summed E-state index contributed by atoms with van der Waals surface area (Å²) >= 11 is 0. The van der Waals surface area contributed by atoms with Crippen molar-refractivity contribution < 1.29 is 19.1 Å². The fraction of sp³-hybridized carbons (Fsp3) is 0.179. The number of ether oxygens (including phenoxy) is 1. The van der Waals surface area contributed by atoms with Crippen LogP contribution >= 0.6 is 0 Å². The van der Waals surface area contributed by atoms with E-state index in [4.69, 9.17) is 4.74 Å². The van der Waals surface area contributed by atoms with Gasteiger partial charge in [0.2, 0.25) is 0 Å². The maximum Gasteiger partial charge on any atom is 0.298 e. The average Bonchev–Trinajstić information content (AvgIpc) is 3.56. The lowest BCUT2D eigenvalue weighted by Crippen LogP contribution is -2.30. The lowest BCUT2D eigenvalue weighted by molar-refractivity contribution is -0.135. The minimum atomic E-state index is -0.725. The Balaban J connectivity index is 1.39. The highest BCUT2D eigenvalue weighted by Gasteiger charge is 2.28. The summed E-state index contributed by atoms with van der Waals surface area (Å²) in [7, 11) is 0. The molecule has 2 N–H and O–H groups in total. The van der Waals surface area contributed by atoms with E-state index in [2.05, 4.69) is 10.6 Å². The predicted octanol–water partition coefficient (Wildman–Crippen LogP) is 4.39. The van der Waals surface area contributed by atoms with Crippen LogP contribution in [0.5, 0.6) is 0 Å². The molecular formula is C28H25N3O4. The Labute approximate surface area is 202 Å². The smallest absolute Gasteiger partial charge is 0.298 e. The quantitative estimate of drug-likeness (QED) is 0.228. The van der Waals surface area contributed by atoms with Crippen LogP contribution in [-0.2, 0) is 14.3 Å². The number of aromatic nitrogens is 1. The van der Waals surface area contributed by atoms with Crippen LogP contribution in [0, 0.1) is 0 Å². The molecule has 1 amide bonds. The van der Waals surface area contributed by atoms with Crippen LogP contribution in [0.2, 0.25) is 0 Å². The number of carbonyl (C=O) groups is 3. The van der Waals surface area contributed by atoms with Gasteiger partial charge in [-0.3, -0.25) is 14.4 Å². The van der Waals surface area contributed by atoms with Gasteiger partial charge in [0.25, 0.3) is 18.2 Å². The van der Waals surface area contributed by atoms with Crippen molar-refractivity contribution in [3.63, 3.8) is 0 Å². The summed E-state index contributed by atoms with van der Waals surface area (Å²) in [6.45, 7) is 1.35. The fourth-order valence-corrected chi connectivity index (χ4v) is 4.68. The first-order valence-corrected chi connectivity index (χ1v) is 11.6. The van der Waals surface area contributed by atoms with Gasteiger partial charge in [-0.15, -0.1) is 0 Å². The number of benzene rings is 2. The lowest BCUT2D eigenvalue weighted by atomic mass is 10.0. The second-order valence-corrected chi connectivity index (χ2v) is 8.53. The standard InChI is InChI=1S/C28H25N3O4/c32-18-35-27(24-10-6-15-29-24)20-11-13-21(14-12-20)30-28(34)26(33)25-23(19-7-2-1-3-8-19)17-22-9-4-5-16-31(22)25/h1-5,7-9,11-14,16-18,24,27,29H,6,10,15H2,(H,30,34). The third kappa shape index (κ3) is 4.58. The molecule has 7 nitrogen and oxygen atoms in total. The summed E-state index contributed by atoms with van der Waals surface area (Å²) in [4.78, 5) is 37.4. The van der Waals surface area contributed by atoms with E-state index in [-0.39, 0.29) is 6.04 Å². The van der Waals surface area contributed by atoms with Gasteiger partial charge in [0.15, 0.2) is 0 Å². The van der Waals surface area contributed by atoms with Crippen molar-refractivity contribution in [3.05, 3.63) is 96.3 Å². The molecule has 2 unspecified atom stereocenters. The summed E-state index contributed by atoms with van der Waals surface area (Å²) in [5.41, 5.74) is 4.01. The minimum Gasteiger partial charge on any atom is -0.458 e. The third-order valence-electron chi connectivity index (χ3n) is 6.35. The van der Waals surface area contributed by atoms with E-state index >= 15 is 0 Å². The van der Waals surface area contributed by atoms with Crippen molar-refractivity contribution in [2.45, 2.75) is 25.0 Å². The Kier molecular flexibility index (Phi) is 6.41. The normalized spacial score (nSPS) is 16.1. The first kappa shape index (κ1) is 22.6. The molecular weight excluding hydrogens is 442 g/mol. The van der Waals surface area contributed by atoms with E-state index < -0.39 is 17.8 Å². The largest absolute Gasteiger partial charge is 0.458 e. The topological polar surface area (TPSA) is 88.9 Å². The highest BCUT2D eigenvalue weighted by Crippen LogP contribution is 2.29. The van der Waals surface area contributed by atoms with E-state index in [0.29, 0.717) is 23.4 Å². The number of nitrogens with zero attached hydrogens (tertiary/aromatic N) is 1.